The molecule has 0 radical (unpaired) electrons. The Bertz CT molecular complexity index is 500. The highest BCUT2D eigenvalue weighted by molar-refractivity contribution is 7.15. The van der Waals surface area contributed by atoms with Crippen LogP contribution in [-0.2, 0) is 6.54 Å². The Balaban J connectivity index is 1.80. The second-order valence-corrected chi connectivity index (χ2v) is 6.65. The lowest BCUT2D eigenvalue weighted by Crippen LogP contribution is -2.24. The summed E-state index contributed by atoms with van der Waals surface area (Å²) in [6.45, 7) is 2.98. The van der Waals surface area contributed by atoms with Gasteiger partial charge in [0.25, 0.3) is 0 Å². The maximum Gasteiger partial charge on any atom is 0.186 e. The van der Waals surface area contributed by atoms with Crippen molar-refractivity contribution in [2.75, 3.05) is 4.90 Å². The molecule has 2 aromatic heterocycles. The molecule has 0 amide bonds. The Labute approximate surface area is 115 Å². The normalized spacial score (nSPS) is 16.8. The van der Waals surface area contributed by atoms with Gasteiger partial charge in [-0.2, -0.15) is 11.3 Å². The fraction of sp³-hybridized carbons (Fsp3) is 0.462. The van der Waals surface area contributed by atoms with Gasteiger partial charge in [-0.1, -0.05) is 0 Å². The standard InChI is InChI=1S/C13H17N3S2/c1-9(14)12-6-15-13(18-12)16(11-2-3-11)7-10-4-5-17-8-10/h4-6,8-9,11H,2-3,7,14H2,1H3. The summed E-state index contributed by atoms with van der Waals surface area (Å²) in [6.07, 6.45) is 4.50. The van der Waals surface area contributed by atoms with Gasteiger partial charge in [-0.3, -0.25) is 0 Å². The lowest BCUT2D eigenvalue weighted by Gasteiger charge is -2.20. The molecule has 2 N–H and O–H groups in total. The molecule has 0 aliphatic heterocycles. The van der Waals surface area contributed by atoms with Gasteiger partial charge in [-0.05, 0) is 42.2 Å². The molecule has 5 heteroatoms. The van der Waals surface area contributed by atoms with E-state index >= 15 is 0 Å². The smallest absolute Gasteiger partial charge is 0.186 e. The molecule has 1 aliphatic carbocycles. The molecule has 3 rings (SSSR count). The molecular weight excluding hydrogens is 262 g/mol. The number of thiazole rings is 1. The summed E-state index contributed by atoms with van der Waals surface area (Å²) in [6, 6.07) is 2.95. The molecule has 3 nitrogen and oxygen atoms in total. The number of thiophene rings is 1. The maximum atomic E-state index is 5.91. The second kappa shape index (κ2) is 4.99. The summed E-state index contributed by atoms with van der Waals surface area (Å²) in [7, 11) is 0. The van der Waals surface area contributed by atoms with Crippen molar-refractivity contribution in [3.05, 3.63) is 33.5 Å². The van der Waals surface area contributed by atoms with Gasteiger partial charge in [0.05, 0.1) is 0 Å². The molecule has 0 saturated heterocycles. The van der Waals surface area contributed by atoms with Crippen molar-refractivity contribution in [3.8, 4) is 0 Å². The Kier molecular flexibility index (Phi) is 3.37. The van der Waals surface area contributed by atoms with Crippen molar-refractivity contribution >= 4 is 27.8 Å². The molecule has 18 heavy (non-hydrogen) atoms. The maximum absolute atomic E-state index is 5.91. The quantitative estimate of drug-likeness (QED) is 0.912. The third kappa shape index (κ3) is 2.58. The van der Waals surface area contributed by atoms with E-state index in [1.54, 1.807) is 22.7 Å². The molecule has 96 valence electrons. The highest BCUT2D eigenvalue weighted by Gasteiger charge is 2.31. The topological polar surface area (TPSA) is 42.1 Å². The molecule has 1 atom stereocenters. The Morgan fingerprint density at radius 3 is 2.94 bits per heavy atom. The van der Waals surface area contributed by atoms with Crippen molar-refractivity contribution in [2.24, 2.45) is 5.73 Å². The Hall–Kier alpha value is -0.910. The van der Waals surface area contributed by atoms with Gasteiger partial charge in [-0.15, -0.1) is 11.3 Å². The average Bonchev–Trinajstić information content (AvgIpc) is 2.88. The van der Waals surface area contributed by atoms with Crippen molar-refractivity contribution < 1.29 is 0 Å². The van der Waals surface area contributed by atoms with Gasteiger partial charge in [0.2, 0.25) is 0 Å². The molecule has 1 aliphatic rings. The largest absolute Gasteiger partial charge is 0.341 e. The number of anilines is 1. The first-order valence-corrected chi connectivity index (χ1v) is 7.99. The molecular formula is C13H17N3S2. The molecule has 1 fully saturated rings. The van der Waals surface area contributed by atoms with E-state index in [0.29, 0.717) is 6.04 Å². The van der Waals surface area contributed by atoms with Crippen LogP contribution in [0.4, 0.5) is 5.13 Å². The Morgan fingerprint density at radius 1 is 1.56 bits per heavy atom. The van der Waals surface area contributed by atoms with Crippen LogP contribution in [0.3, 0.4) is 0 Å². The van der Waals surface area contributed by atoms with Crippen LogP contribution in [0.2, 0.25) is 0 Å². The monoisotopic (exact) mass is 279 g/mol. The van der Waals surface area contributed by atoms with E-state index in [1.165, 1.54) is 23.3 Å². The molecule has 2 heterocycles. The van der Waals surface area contributed by atoms with Crippen molar-refractivity contribution in [2.45, 2.75) is 38.4 Å². The summed E-state index contributed by atoms with van der Waals surface area (Å²) in [5.41, 5.74) is 7.29. The van der Waals surface area contributed by atoms with Gasteiger partial charge < -0.3 is 10.6 Å². The van der Waals surface area contributed by atoms with Crippen LogP contribution in [0.5, 0.6) is 0 Å². The van der Waals surface area contributed by atoms with E-state index in [4.69, 9.17) is 5.73 Å². The molecule has 0 aromatic carbocycles. The zero-order valence-corrected chi connectivity index (χ0v) is 12.0. The lowest BCUT2D eigenvalue weighted by molar-refractivity contribution is 0.791. The van der Waals surface area contributed by atoms with Gasteiger partial charge >= 0.3 is 0 Å². The number of nitrogens with two attached hydrogens (primary N) is 1. The van der Waals surface area contributed by atoms with E-state index in [2.05, 4.69) is 26.7 Å². The minimum Gasteiger partial charge on any atom is -0.341 e. The van der Waals surface area contributed by atoms with Crippen LogP contribution in [0.15, 0.2) is 23.0 Å². The van der Waals surface area contributed by atoms with E-state index < -0.39 is 0 Å². The lowest BCUT2D eigenvalue weighted by atomic mass is 10.3. The molecule has 0 bridgehead atoms. The van der Waals surface area contributed by atoms with Crippen molar-refractivity contribution in [3.63, 3.8) is 0 Å². The number of hydrogen-bond acceptors (Lipinski definition) is 5. The third-order valence-corrected chi connectivity index (χ3v) is 5.09. The number of aromatic nitrogens is 1. The van der Waals surface area contributed by atoms with E-state index in [0.717, 1.165) is 11.7 Å². The molecule has 1 unspecified atom stereocenters. The SMILES string of the molecule is CC(N)c1cnc(N(Cc2ccsc2)C2CC2)s1. The fourth-order valence-corrected chi connectivity index (χ4v) is 3.54. The summed E-state index contributed by atoms with van der Waals surface area (Å²) in [5, 5.41) is 5.47. The third-order valence-electron chi connectivity index (χ3n) is 3.13. The summed E-state index contributed by atoms with van der Waals surface area (Å²) >= 11 is 3.49. The van der Waals surface area contributed by atoms with Crippen LogP contribution in [0.1, 0.15) is 36.2 Å². The minimum absolute atomic E-state index is 0.0819. The highest BCUT2D eigenvalue weighted by Crippen LogP contribution is 2.36. The first-order chi connectivity index (χ1) is 8.74. The predicted octanol–water partition coefficient (Wildman–Crippen LogP) is 3.39. The Morgan fingerprint density at radius 2 is 2.39 bits per heavy atom. The van der Waals surface area contributed by atoms with Gasteiger partial charge in [-0.25, -0.2) is 4.98 Å². The molecule has 1 saturated carbocycles. The van der Waals surface area contributed by atoms with Gasteiger partial charge in [0.1, 0.15) is 0 Å². The van der Waals surface area contributed by atoms with E-state index in [9.17, 15) is 0 Å². The average molecular weight is 279 g/mol. The number of nitrogens with zero attached hydrogens (tertiary/aromatic N) is 2. The predicted molar refractivity (Wildman–Crippen MR) is 78.2 cm³/mol. The number of rotatable bonds is 5. The second-order valence-electron chi connectivity index (χ2n) is 4.82. The summed E-state index contributed by atoms with van der Waals surface area (Å²) in [4.78, 5) is 8.14. The molecule has 0 spiro atoms. The highest BCUT2D eigenvalue weighted by atomic mass is 32.1. The van der Waals surface area contributed by atoms with Crippen LogP contribution in [0, 0.1) is 0 Å². The zero-order chi connectivity index (χ0) is 12.5. The van der Waals surface area contributed by atoms with Crippen LogP contribution in [0.25, 0.3) is 0 Å². The fourth-order valence-electron chi connectivity index (χ4n) is 1.94. The van der Waals surface area contributed by atoms with Crippen molar-refractivity contribution in [1.29, 1.82) is 0 Å². The number of hydrogen-bond donors (Lipinski definition) is 1. The van der Waals surface area contributed by atoms with Gasteiger partial charge in [0, 0.05) is 29.7 Å². The van der Waals surface area contributed by atoms with Crippen LogP contribution >= 0.6 is 22.7 Å². The van der Waals surface area contributed by atoms with E-state index in [1.807, 2.05) is 13.1 Å². The van der Waals surface area contributed by atoms with Gasteiger partial charge in [0.15, 0.2) is 5.13 Å². The van der Waals surface area contributed by atoms with Crippen LogP contribution < -0.4 is 10.6 Å². The van der Waals surface area contributed by atoms with E-state index in [-0.39, 0.29) is 6.04 Å². The summed E-state index contributed by atoms with van der Waals surface area (Å²) in [5.74, 6) is 0. The zero-order valence-electron chi connectivity index (χ0n) is 10.4. The summed E-state index contributed by atoms with van der Waals surface area (Å²) < 4.78 is 0. The van der Waals surface area contributed by atoms with Crippen LogP contribution in [-0.4, -0.2) is 11.0 Å². The first-order valence-electron chi connectivity index (χ1n) is 6.23. The minimum atomic E-state index is 0.0819. The first kappa shape index (κ1) is 12.1. The van der Waals surface area contributed by atoms with Crippen molar-refractivity contribution in [1.82, 2.24) is 4.98 Å². The molecule has 2 aromatic rings.